The van der Waals surface area contributed by atoms with Crippen molar-refractivity contribution in [2.24, 2.45) is 5.92 Å². The number of anilines is 1. The number of hydrogen-bond donors (Lipinski definition) is 3. The Hall–Kier alpha value is -1.61. The van der Waals surface area contributed by atoms with Crippen LogP contribution in [0.1, 0.15) is 26.7 Å². The highest BCUT2D eigenvalue weighted by atomic mass is 32.2. The zero-order chi connectivity index (χ0) is 19.7. The van der Waals surface area contributed by atoms with Gasteiger partial charge in [0.2, 0.25) is 0 Å². The van der Waals surface area contributed by atoms with Crippen LogP contribution in [-0.2, 0) is 4.79 Å². The second-order valence-electron chi connectivity index (χ2n) is 6.58. The minimum absolute atomic E-state index is 0.0367. The number of nitrogens with zero attached hydrogens (tertiary/aromatic N) is 2. The number of thioether (sulfide) groups is 1. The molecule has 0 aromatic heterocycles. The summed E-state index contributed by atoms with van der Waals surface area (Å²) in [4.78, 5) is 16.3. The lowest BCUT2D eigenvalue weighted by Crippen LogP contribution is -2.55. The zero-order valence-corrected chi connectivity index (χ0v) is 17.0. The van der Waals surface area contributed by atoms with Crippen molar-refractivity contribution in [2.75, 3.05) is 18.0 Å². The molecule has 1 aromatic rings. The van der Waals surface area contributed by atoms with E-state index >= 15 is 0 Å². The van der Waals surface area contributed by atoms with Crippen LogP contribution in [0, 0.1) is 5.92 Å². The summed E-state index contributed by atoms with van der Waals surface area (Å²) in [7, 11) is 0. The normalized spacial score (nSPS) is 27.9. The van der Waals surface area contributed by atoms with Crippen molar-refractivity contribution in [2.45, 2.75) is 43.9 Å². The number of likely N-dealkylation sites (tertiary alicyclic amines) is 1. The molecule has 0 radical (unpaired) electrons. The van der Waals surface area contributed by atoms with Crippen LogP contribution in [-0.4, -0.2) is 56.6 Å². The third kappa shape index (κ3) is 3.59. The standard InChI is InChI=1S/C19H24N2O4S2/c1-3-11-16(24)15(17(25)20(4-2)18(11)26)19-21(10-9-14(22)23)12-7-5-6-8-13(12)27-19/h5-8,11,16-17,24-25H,3-4,9-10H2,1-2H3,(H,22,23)/b19-15+. The molecule has 0 bridgehead atoms. The Labute approximate surface area is 168 Å². The largest absolute Gasteiger partial charge is 0.481 e. The molecule has 1 fully saturated rings. The Morgan fingerprint density at radius 1 is 1.26 bits per heavy atom. The molecule has 0 spiro atoms. The number of aliphatic carboxylic acids is 1. The fraction of sp³-hybridized carbons (Fsp3) is 0.474. The monoisotopic (exact) mass is 408 g/mol. The maximum Gasteiger partial charge on any atom is 0.305 e. The summed E-state index contributed by atoms with van der Waals surface area (Å²) in [5.41, 5.74) is 1.40. The van der Waals surface area contributed by atoms with Gasteiger partial charge in [0.05, 0.1) is 28.2 Å². The number of carboxylic acid groups (broad SMARTS) is 1. The van der Waals surface area contributed by atoms with Gasteiger partial charge in [-0.1, -0.05) is 43.0 Å². The number of hydrogen-bond acceptors (Lipinski definition) is 6. The van der Waals surface area contributed by atoms with Crippen molar-refractivity contribution in [1.29, 1.82) is 0 Å². The molecule has 3 N–H and O–H groups in total. The fourth-order valence-electron chi connectivity index (χ4n) is 3.65. The molecule has 3 unspecified atom stereocenters. The lowest BCUT2D eigenvalue weighted by Gasteiger charge is -2.44. The molecule has 2 aliphatic heterocycles. The molecule has 0 saturated carbocycles. The van der Waals surface area contributed by atoms with E-state index in [0.717, 1.165) is 10.6 Å². The summed E-state index contributed by atoms with van der Waals surface area (Å²) in [6, 6.07) is 7.71. The molecule has 2 heterocycles. The SMILES string of the molecule is CCC1C(=S)N(CC)C(O)/C(=C2/Sc3ccccc3N2CCC(=O)O)C1O. The van der Waals surface area contributed by atoms with Crippen LogP contribution in [0.3, 0.4) is 0 Å². The Balaban J connectivity index is 2.09. The Bertz CT molecular complexity index is 761. The van der Waals surface area contributed by atoms with Crippen molar-refractivity contribution < 1.29 is 20.1 Å². The predicted molar refractivity (Wildman–Crippen MR) is 110 cm³/mol. The predicted octanol–water partition coefficient (Wildman–Crippen LogP) is 2.65. The number of likely N-dealkylation sites (N-methyl/N-ethyl adjacent to an activating group) is 1. The van der Waals surface area contributed by atoms with E-state index in [2.05, 4.69) is 0 Å². The first kappa shape index (κ1) is 20.1. The van der Waals surface area contributed by atoms with Gasteiger partial charge >= 0.3 is 5.97 Å². The molecular weight excluding hydrogens is 384 g/mol. The second-order valence-corrected chi connectivity index (χ2v) is 8.03. The zero-order valence-electron chi connectivity index (χ0n) is 15.3. The molecule has 1 aromatic carbocycles. The molecule has 8 heteroatoms. The summed E-state index contributed by atoms with van der Waals surface area (Å²) >= 11 is 6.96. The highest BCUT2D eigenvalue weighted by Gasteiger charge is 2.44. The van der Waals surface area contributed by atoms with Crippen LogP contribution in [0.5, 0.6) is 0 Å². The van der Waals surface area contributed by atoms with Gasteiger partial charge in [0, 0.05) is 29.5 Å². The molecule has 0 amide bonds. The second kappa shape index (κ2) is 8.18. The molecule has 0 aliphatic carbocycles. The van der Waals surface area contributed by atoms with Crippen LogP contribution in [0.2, 0.25) is 0 Å². The Kier molecular flexibility index (Phi) is 6.10. The van der Waals surface area contributed by atoms with E-state index in [9.17, 15) is 15.0 Å². The summed E-state index contributed by atoms with van der Waals surface area (Å²) < 4.78 is 0. The van der Waals surface area contributed by atoms with E-state index in [1.165, 1.54) is 11.8 Å². The van der Waals surface area contributed by atoms with E-state index in [0.29, 0.717) is 28.6 Å². The first-order chi connectivity index (χ1) is 12.9. The van der Waals surface area contributed by atoms with Gasteiger partial charge in [-0.25, -0.2) is 0 Å². The summed E-state index contributed by atoms with van der Waals surface area (Å²) in [5.74, 6) is -1.14. The topological polar surface area (TPSA) is 84.2 Å². The lowest BCUT2D eigenvalue weighted by atomic mass is 9.87. The van der Waals surface area contributed by atoms with E-state index in [1.54, 1.807) is 4.90 Å². The number of rotatable bonds is 5. The van der Waals surface area contributed by atoms with Gasteiger partial charge in [-0.2, -0.15) is 0 Å². The average molecular weight is 409 g/mol. The summed E-state index contributed by atoms with van der Waals surface area (Å²) in [6.07, 6.45) is -1.30. The van der Waals surface area contributed by atoms with Crippen LogP contribution in [0.15, 0.2) is 39.8 Å². The number of benzene rings is 1. The van der Waals surface area contributed by atoms with Crippen molar-refractivity contribution in [1.82, 2.24) is 4.90 Å². The maximum atomic E-state index is 11.1. The molecule has 2 aliphatic rings. The number of aliphatic hydroxyl groups is 2. The first-order valence-electron chi connectivity index (χ1n) is 9.07. The molecule has 3 rings (SSSR count). The number of fused-ring (bicyclic) bond motifs is 1. The smallest absolute Gasteiger partial charge is 0.305 e. The van der Waals surface area contributed by atoms with Crippen LogP contribution < -0.4 is 4.90 Å². The van der Waals surface area contributed by atoms with Crippen molar-refractivity contribution in [3.05, 3.63) is 34.9 Å². The van der Waals surface area contributed by atoms with E-state index in [-0.39, 0.29) is 18.9 Å². The Morgan fingerprint density at radius 3 is 2.59 bits per heavy atom. The quantitative estimate of drug-likeness (QED) is 0.642. The highest BCUT2D eigenvalue weighted by Crippen LogP contribution is 2.49. The summed E-state index contributed by atoms with van der Waals surface area (Å²) in [6.45, 7) is 4.69. The number of piperidine rings is 1. The van der Waals surface area contributed by atoms with Crippen molar-refractivity contribution in [3.63, 3.8) is 0 Å². The van der Waals surface area contributed by atoms with Crippen molar-refractivity contribution >= 4 is 40.6 Å². The van der Waals surface area contributed by atoms with Crippen LogP contribution in [0.25, 0.3) is 0 Å². The third-order valence-corrected chi connectivity index (χ3v) is 6.81. The minimum Gasteiger partial charge on any atom is -0.481 e. The van der Waals surface area contributed by atoms with Crippen molar-refractivity contribution in [3.8, 4) is 0 Å². The van der Waals surface area contributed by atoms with Gasteiger partial charge in [-0.15, -0.1) is 0 Å². The van der Waals surface area contributed by atoms with Crippen LogP contribution >= 0.6 is 24.0 Å². The average Bonchev–Trinajstić information content (AvgIpc) is 2.98. The minimum atomic E-state index is -1.02. The highest BCUT2D eigenvalue weighted by molar-refractivity contribution is 8.03. The van der Waals surface area contributed by atoms with Gasteiger partial charge in [-0.3, -0.25) is 4.79 Å². The molecule has 146 valence electrons. The molecule has 27 heavy (non-hydrogen) atoms. The molecule has 6 nitrogen and oxygen atoms in total. The van der Waals surface area contributed by atoms with Crippen LogP contribution in [0.4, 0.5) is 5.69 Å². The molecule has 1 saturated heterocycles. The van der Waals surface area contributed by atoms with E-state index in [1.807, 2.05) is 43.0 Å². The number of aliphatic hydroxyl groups excluding tert-OH is 2. The van der Waals surface area contributed by atoms with Gasteiger partial charge in [0.25, 0.3) is 0 Å². The maximum absolute atomic E-state index is 11.1. The third-order valence-electron chi connectivity index (χ3n) is 5.06. The van der Waals surface area contributed by atoms with E-state index in [4.69, 9.17) is 17.3 Å². The summed E-state index contributed by atoms with van der Waals surface area (Å²) in [5, 5.41) is 31.9. The molecule has 3 atom stereocenters. The van der Waals surface area contributed by atoms with Gasteiger partial charge in [0.15, 0.2) is 6.23 Å². The van der Waals surface area contributed by atoms with Gasteiger partial charge in [0.1, 0.15) is 0 Å². The lowest BCUT2D eigenvalue weighted by molar-refractivity contribution is -0.136. The fourth-order valence-corrected chi connectivity index (χ4v) is 5.45. The van der Waals surface area contributed by atoms with Gasteiger partial charge in [-0.05, 0) is 25.5 Å². The first-order valence-corrected chi connectivity index (χ1v) is 10.3. The number of carboxylic acids is 1. The number of para-hydroxylation sites is 1. The number of thiocarbonyl (C=S) groups is 1. The number of carbonyl (C=O) groups is 1. The Morgan fingerprint density at radius 2 is 1.96 bits per heavy atom. The van der Waals surface area contributed by atoms with E-state index < -0.39 is 18.3 Å². The van der Waals surface area contributed by atoms with Gasteiger partial charge < -0.3 is 25.1 Å². The molecular formula is C19H24N2O4S2.